The Hall–Kier alpha value is -3.18. The minimum Gasteiger partial charge on any atom is -0.460 e. The van der Waals surface area contributed by atoms with Crippen LogP contribution in [0, 0.1) is 0 Å². The molecule has 2 aromatic carbocycles. The van der Waals surface area contributed by atoms with Crippen LogP contribution in [-0.4, -0.2) is 72.7 Å². The van der Waals surface area contributed by atoms with Crippen molar-refractivity contribution in [3.63, 3.8) is 0 Å². The predicted octanol–water partition coefficient (Wildman–Crippen LogP) is 2.03. The third kappa shape index (κ3) is 4.20. The summed E-state index contributed by atoms with van der Waals surface area (Å²) in [6, 6.07) is 15.8. The number of aryl methyl sites for hydroxylation is 1. The fraction of sp³-hybridized carbons (Fsp3) is 0.269. The molecule has 0 radical (unpaired) electrons. The molecule has 1 saturated heterocycles. The van der Waals surface area contributed by atoms with Crippen LogP contribution in [0.2, 0.25) is 5.02 Å². The summed E-state index contributed by atoms with van der Waals surface area (Å²) in [5, 5.41) is 41.3. The first-order chi connectivity index (χ1) is 17.3. The number of hydrogen-bond acceptors (Lipinski definition) is 7. The number of aromatic nitrogens is 2. The molecule has 3 heterocycles. The number of ketones is 1. The molecule has 5 atom stereocenters. The topological polar surface area (TPSA) is 126 Å². The summed E-state index contributed by atoms with van der Waals surface area (Å²) >= 11 is 6.30. The molecule has 1 fully saturated rings. The van der Waals surface area contributed by atoms with Crippen molar-refractivity contribution in [3.8, 4) is 11.4 Å². The minimum absolute atomic E-state index is 0.168. The summed E-state index contributed by atoms with van der Waals surface area (Å²) < 4.78 is 15.0. The van der Waals surface area contributed by atoms with Gasteiger partial charge in [-0.1, -0.05) is 23.7 Å². The molecular weight excluding hydrogens is 488 g/mol. The van der Waals surface area contributed by atoms with Gasteiger partial charge < -0.3 is 39.0 Å². The number of carbonyl (C=O) groups is 1. The molecule has 0 aliphatic carbocycles. The summed E-state index contributed by atoms with van der Waals surface area (Å²) in [7, 11) is 1.80. The van der Waals surface area contributed by atoms with Crippen molar-refractivity contribution in [3.05, 3.63) is 83.3 Å². The van der Waals surface area contributed by atoms with Gasteiger partial charge in [-0.15, -0.1) is 0 Å². The second-order valence-corrected chi connectivity index (χ2v) is 9.13. The average molecular weight is 513 g/mol. The smallest absolute Gasteiger partial charge is 0.229 e. The van der Waals surface area contributed by atoms with E-state index >= 15 is 0 Å². The zero-order chi connectivity index (χ0) is 25.6. The van der Waals surface area contributed by atoms with E-state index in [0.717, 1.165) is 0 Å². The largest absolute Gasteiger partial charge is 0.460 e. The number of aliphatic hydroxyl groups is 4. The number of ether oxygens (including phenoxy) is 2. The van der Waals surface area contributed by atoms with E-state index in [4.69, 9.17) is 21.1 Å². The maximum atomic E-state index is 13.4. The molecule has 0 saturated carbocycles. The molecule has 0 unspecified atom stereocenters. The van der Waals surface area contributed by atoms with Gasteiger partial charge in [-0.05, 0) is 42.5 Å². The van der Waals surface area contributed by atoms with Gasteiger partial charge in [0.05, 0.1) is 29.7 Å². The number of halogens is 1. The number of para-hydroxylation sites is 1. The third-order valence-corrected chi connectivity index (χ3v) is 6.64. The highest BCUT2D eigenvalue weighted by molar-refractivity contribution is 6.31. The molecule has 0 spiro atoms. The lowest BCUT2D eigenvalue weighted by Gasteiger charge is -2.39. The van der Waals surface area contributed by atoms with Crippen molar-refractivity contribution >= 4 is 28.3 Å². The number of aliphatic hydroxyl groups excluding tert-OH is 4. The van der Waals surface area contributed by atoms with Crippen LogP contribution in [0.15, 0.2) is 67.0 Å². The van der Waals surface area contributed by atoms with Crippen LogP contribution in [0.4, 0.5) is 0 Å². The molecule has 4 aromatic rings. The molecule has 5 rings (SSSR count). The normalized spacial score (nSPS) is 24.2. The molecule has 4 N–H and O–H groups in total. The minimum atomic E-state index is -1.58. The highest BCUT2D eigenvalue weighted by Gasteiger charge is 2.45. The third-order valence-electron chi connectivity index (χ3n) is 6.41. The van der Waals surface area contributed by atoms with Crippen LogP contribution < -0.4 is 4.74 Å². The number of carbonyl (C=O) groups excluding carboxylic acids is 1. The molecule has 2 aromatic heterocycles. The van der Waals surface area contributed by atoms with Gasteiger partial charge in [0.2, 0.25) is 12.1 Å². The Morgan fingerprint density at radius 3 is 2.56 bits per heavy atom. The first kappa shape index (κ1) is 24.5. The van der Waals surface area contributed by atoms with E-state index in [0.29, 0.717) is 32.9 Å². The van der Waals surface area contributed by atoms with Crippen LogP contribution in [0.5, 0.6) is 5.75 Å². The Balaban J connectivity index is 1.59. The van der Waals surface area contributed by atoms with Gasteiger partial charge in [-0.2, -0.15) is 0 Å². The van der Waals surface area contributed by atoms with E-state index in [2.05, 4.69) is 0 Å². The van der Waals surface area contributed by atoms with Gasteiger partial charge in [0, 0.05) is 29.2 Å². The van der Waals surface area contributed by atoms with Crippen LogP contribution in [-0.2, 0) is 11.8 Å². The van der Waals surface area contributed by atoms with Gasteiger partial charge in [-0.3, -0.25) is 4.79 Å². The zero-order valence-corrected chi connectivity index (χ0v) is 20.0. The average Bonchev–Trinajstić information content (AvgIpc) is 3.47. The molecular formula is C26H25ClN2O7. The molecule has 188 valence electrons. The summed E-state index contributed by atoms with van der Waals surface area (Å²) in [5.74, 6) is 0.116. The van der Waals surface area contributed by atoms with Gasteiger partial charge in [0.15, 0.2) is 0 Å². The Bertz CT molecular complexity index is 1410. The number of fused-ring (bicyclic) bond motifs is 1. The van der Waals surface area contributed by atoms with E-state index in [1.54, 1.807) is 77.1 Å². The Morgan fingerprint density at radius 2 is 1.83 bits per heavy atom. The molecule has 0 bridgehead atoms. The van der Waals surface area contributed by atoms with E-state index in [1.807, 2.05) is 6.07 Å². The first-order valence-electron chi connectivity index (χ1n) is 11.3. The summed E-state index contributed by atoms with van der Waals surface area (Å²) in [4.78, 5) is 13.4. The predicted molar refractivity (Wildman–Crippen MR) is 132 cm³/mol. The highest BCUT2D eigenvalue weighted by Crippen LogP contribution is 2.36. The molecule has 1 aliphatic heterocycles. The lowest BCUT2D eigenvalue weighted by Crippen LogP contribution is -2.60. The van der Waals surface area contributed by atoms with Crippen LogP contribution in [0.3, 0.4) is 0 Å². The summed E-state index contributed by atoms with van der Waals surface area (Å²) in [5.41, 5.74) is 2.19. The van der Waals surface area contributed by atoms with Crippen molar-refractivity contribution in [1.82, 2.24) is 9.13 Å². The molecule has 0 amide bonds. The fourth-order valence-corrected chi connectivity index (χ4v) is 4.63. The van der Waals surface area contributed by atoms with Crippen LogP contribution in [0.1, 0.15) is 16.1 Å². The van der Waals surface area contributed by atoms with Crippen molar-refractivity contribution in [1.29, 1.82) is 0 Å². The second-order valence-electron chi connectivity index (χ2n) is 8.69. The van der Waals surface area contributed by atoms with E-state index < -0.39 is 37.3 Å². The number of rotatable bonds is 6. The molecule has 1 aliphatic rings. The van der Waals surface area contributed by atoms with Crippen molar-refractivity contribution in [2.24, 2.45) is 7.05 Å². The van der Waals surface area contributed by atoms with E-state index in [1.165, 1.54) is 0 Å². The second kappa shape index (κ2) is 9.70. The van der Waals surface area contributed by atoms with Crippen LogP contribution in [0.25, 0.3) is 16.6 Å². The molecule has 36 heavy (non-hydrogen) atoms. The van der Waals surface area contributed by atoms with Gasteiger partial charge in [0.1, 0.15) is 30.2 Å². The summed E-state index contributed by atoms with van der Waals surface area (Å²) in [6.45, 7) is -0.573. The lowest BCUT2D eigenvalue weighted by molar-refractivity contribution is -0.277. The van der Waals surface area contributed by atoms with Crippen molar-refractivity contribution in [2.75, 3.05) is 6.61 Å². The highest BCUT2D eigenvalue weighted by atomic mass is 35.5. The van der Waals surface area contributed by atoms with E-state index in [9.17, 15) is 25.2 Å². The van der Waals surface area contributed by atoms with Gasteiger partial charge in [0.25, 0.3) is 0 Å². The SMILES string of the molecule is Cn1cccc1C(=O)c1ccccc1-n1cc(O[C@@H]2O[C@H](CO)[C@H](O)[C@H](O)[C@H]2O)c2ccc(Cl)cc21. The number of benzene rings is 2. The quantitative estimate of drug-likeness (QED) is 0.291. The molecule has 10 heteroatoms. The standard InChI is InChI=1S/C26H25ClN2O7/c1-28-10-4-7-18(28)22(31)16-5-2-3-6-17(16)29-12-20(15-9-8-14(27)11-19(15)29)35-26-25(34)24(33)23(32)21(13-30)36-26/h2-12,21,23-26,30,32-34H,13H2,1H3/t21-,23+,24+,25-,26-/m1/s1. The number of nitrogens with zero attached hydrogens (tertiary/aromatic N) is 2. The fourth-order valence-electron chi connectivity index (χ4n) is 4.46. The maximum Gasteiger partial charge on any atom is 0.229 e. The van der Waals surface area contributed by atoms with E-state index in [-0.39, 0.29) is 11.5 Å². The Kier molecular flexibility index (Phi) is 6.60. The van der Waals surface area contributed by atoms with Crippen LogP contribution >= 0.6 is 11.6 Å². The van der Waals surface area contributed by atoms with Gasteiger partial charge in [-0.25, -0.2) is 0 Å². The van der Waals surface area contributed by atoms with Crippen molar-refractivity contribution in [2.45, 2.75) is 30.7 Å². The Labute approximate surface area is 211 Å². The molecule has 9 nitrogen and oxygen atoms in total. The number of hydrogen-bond donors (Lipinski definition) is 4. The van der Waals surface area contributed by atoms with Gasteiger partial charge >= 0.3 is 0 Å². The lowest BCUT2D eigenvalue weighted by atomic mass is 9.99. The summed E-state index contributed by atoms with van der Waals surface area (Å²) in [6.07, 6.45) is -3.69. The van der Waals surface area contributed by atoms with Crippen molar-refractivity contribution < 1.29 is 34.7 Å². The monoisotopic (exact) mass is 512 g/mol. The zero-order valence-electron chi connectivity index (χ0n) is 19.2. The maximum absolute atomic E-state index is 13.4. The first-order valence-corrected chi connectivity index (χ1v) is 11.7. The Morgan fingerprint density at radius 1 is 1.06 bits per heavy atom.